The smallest absolute Gasteiger partial charge is 0.455 e. The molecule has 2 aliphatic rings. The van der Waals surface area contributed by atoms with Crippen molar-refractivity contribution in [3.63, 3.8) is 0 Å². The van der Waals surface area contributed by atoms with Crippen molar-refractivity contribution >= 4 is 13.1 Å². The summed E-state index contributed by atoms with van der Waals surface area (Å²) in [6, 6.07) is 3.13. The summed E-state index contributed by atoms with van der Waals surface area (Å²) in [5.74, 6) is -2.12. The van der Waals surface area contributed by atoms with Crippen molar-refractivity contribution in [2.45, 2.75) is 24.3 Å². The predicted molar refractivity (Wildman–Crippen MR) is 86.3 cm³/mol. The number of carboxylic acids is 1. The normalized spacial score (nSPS) is 23.6. The van der Waals surface area contributed by atoms with Crippen LogP contribution in [0.15, 0.2) is 12.1 Å². The fraction of sp³-hybridized carbons (Fsp3) is 0.533. The van der Waals surface area contributed by atoms with E-state index in [2.05, 4.69) is 4.90 Å². The first-order valence-electron chi connectivity index (χ1n) is 7.96. The number of nitrogens with zero attached hydrogens (tertiary/aromatic N) is 1. The molecule has 130 valence electrons. The zero-order chi connectivity index (χ0) is 17.4. The minimum atomic E-state index is -1.47. The lowest BCUT2D eigenvalue weighted by Gasteiger charge is -2.38. The lowest BCUT2D eigenvalue weighted by molar-refractivity contribution is 0.0210. The van der Waals surface area contributed by atoms with Crippen LogP contribution in [0.3, 0.4) is 0 Å². The second-order valence-corrected chi connectivity index (χ2v) is 6.39. The van der Waals surface area contributed by atoms with Crippen molar-refractivity contribution in [1.82, 2.24) is 4.90 Å². The summed E-state index contributed by atoms with van der Waals surface area (Å²) in [4.78, 5) is 13.6. The standard InChI is InChI=1S/C15H21BN2O6/c17-3-4-18-6-8(7-18)24-12-2-1-9(10-5-11(10)16(22)23)14(19)13(12)15(20)21/h1-2,8,10-11,19,22-23H,3-7,17H2,(H,20,21). The Morgan fingerprint density at radius 1 is 1.38 bits per heavy atom. The number of carbonyl (C=O) groups is 1. The monoisotopic (exact) mass is 336 g/mol. The van der Waals surface area contributed by atoms with Gasteiger partial charge in [0.25, 0.3) is 0 Å². The average Bonchev–Trinajstić information content (AvgIpc) is 3.25. The Morgan fingerprint density at radius 3 is 2.62 bits per heavy atom. The SMILES string of the molecule is NCCN1CC(Oc2ccc(C3CC3B(O)O)c(O)c2C(=O)O)C1. The summed E-state index contributed by atoms with van der Waals surface area (Å²) in [7, 11) is -1.47. The third kappa shape index (κ3) is 3.20. The summed E-state index contributed by atoms with van der Waals surface area (Å²) < 4.78 is 5.71. The van der Waals surface area contributed by atoms with Gasteiger partial charge in [-0.3, -0.25) is 4.90 Å². The average molecular weight is 336 g/mol. The molecular formula is C15H21BN2O6. The maximum atomic E-state index is 11.5. The van der Waals surface area contributed by atoms with E-state index in [1.54, 1.807) is 6.07 Å². The molecule has 6 N–H and O–H groups in total. The van der Waals surface area contributed by atoms with Crippen LogP contribution in [0.2, 0.25) is 5.82 Å². The fourth-order valence-electron chi connectivity index (χ4n) is 3.24. The molecule has 1 aromatic rings. The molecule has 1 saturated carbocycles. The van der Waals surface area contributed by atoms with Crippen LogP contribution in [0, 0.1) is 0 Å². The highest BCUT2D eigenvalue weighted by Crippen LogP contribution is 2.56. The molecular weight excluding hydrogens is 315 g/mol. The number of aromatic hydroxyl groups is 1. The minimum absolute atomic E-state index is 0.128. The van der Waals surface area contributed by atoms with Crippen LogP contribution in [0.4, 0.5) is 0 Å². The van der Waals surface area contributed by atoms with Crippen LogP contribution >= 0.6 is 0 Å². The topological polar surface area (TPSA) is 136 Å². The van der Waals surface area contributed by atoms with Crippen LogP contribution in [0.25, 0.3) is 0 Å². The first-order valence-corrected chi connectivity index (χ1v) is 7.96. The van der Waals surface area contributed by atoms with Crippen molar-refractivity contribution < 1.29 is 29.8 Å². The molecule has 24 heavy (non-hydrogen) atoms. The molecule has 0 bridgehead atoms. The van der Waals surface area contributed by atoms with Crippen molar-refractivity contribution in [3.05, 3.63) is 23.3 Å². The Kier molecular flexibility index (Phi) is 4.68. The Labute approximate surface area is 139 Å². The Balaban J connectivity index is 1.76. The van der Waals surface area contributed by atoms with E-state index in [1.165, 1.54) is 6.07 Å². The van der Waals surface area contributed by atoms with Crippen molar-refractivity contribution in [2.24, 2.45) is 5.73 Å². The summed E-state index contributed by atoms with van der Waals surface area (Å²) >= 11 is 0. The molecule has 1 saturated heterocycles. The summed E-state index contributed by atoms with van der Waals surface area (Å²) in [5.41, 5.74) is 5.61. The van der Waals surface area contributed by atoms with Crippen LogP contribution in [-0.2, 0) is 0 Å². The fourth-order valence-corrected chi connectivity index (χ4v) is 3.24. The minimum Gasteiger partial charge on any atom is -0.507 e. The van der Waals surface area contributed by atoms with Gasteiger partial charge in [0.1, 0.15) is 23.2 Å². The third-order valence-electron chi connectivity index (χ3n) is 4.67. The number of likely N-dealkylation sites (tertiary alicyclic amines) is 1. The maximum Gasteiger partial charge on any atom is 0.455 e. The Hall–Kier alpha value is -1.81. The quantitative estimate of drug-likeness (QED) is 0.418. The Bertz CT molecular complexity index is 635. The van der Waals surface area contributed by atoms with E-state index >= 15 is 0 Å². The van der Waals surface area contributed by atoms with E-state index in [4.69, 9.17) is 10.5 Å². The van der Waals surface area contributed by atoms with E-state index < -0.39 is 13.1 Å². The molecule has 0 spiro atoms. The van der Waals surface area contributed by atoms with E-state index in [0.717, 1.165) is 6.54 Å². The number of nitrogens with two attached hydrogens (primary N) is 1. The van der Waals surface area contributed by atoms with E-state index in [-0.39, 0.29) is 34.9 Å². The van der Waals surface area contributed by atoms with E-state index in [9.17, 15) is 25.1 Å². The zero-order valence-electron chi connectivity index (χ0n) is 13.1. The van der Waals surface area contributed by atoms with E-state index in [1.807, 2.05) is 0 Å². The van der Waals surface area contributed by atoms with Gasteiger partial charge in [-0.1, -0.05) is 6.07 Å². The summed E-state index contributed by atoms with van der Waals surface area (Å²) in [5, 5.41) is 38.1. The van der Waals surface area contributed by atoms with Gasteiger partial charge in [-0.05, 0) is 24.0 Å². The van der Waals surface area contributed by atoms with Gasteiger partial charge in [-0.25, -0.2) is 4.79 Å². The molecule has 1 heterocycles. The first kappa shape index (κ1) is 17.0. The lowest BCUT2D eigenvalue weighted by Crippen LogP contribution is -2.55. The molecule has 1 aliphatic heterocycles. The molecule has 0 radical (unpaired) electrons. The van der Waals surface area contributed by atoms with Crippen molar-refractivity contribution in [3.8, 4) is 11.5 Å². The molecule has 1 aliphatic carbocycles. The van der Waals surface area contributed by atoms with Gasteiger partial charge < -0.3 is 30.7 Å². The van der Waals surface area contributed by atoms with Crippen LogP contribution < -0.4 is 10.5 Å². The molecule has 9 heteroatoms. The van der Waals surface area contributed by atoms with Gasteiger partial charge in [0, 0.05) is 32.0 Å². The van der Waals surface area contributed by atoms with Gasteiger partial charge in [0.05, 0.1) is 0 Å². The maximum absolute atomic E-state index is 11.5. The van der Waals surface area contributed by atoms with Crippen molar-refractivity contribution in [1.29, 1.82) is 0 Å². The molecule has 2 unspecified atom stereocenters. The second-order valence-electron chi connectivity index (χ2n) is 6.39. The van der Waals surface area contributed by atoms with Gasteiger partial charge >= 0.3 is 13.1 Å². The zero-order valence-corrected chi connectivity index (χ0v) is 13.1. The van der Waals surface area contributed by atoms with Gasteiger partial charge in [-0.15, -0.1) is 0 Å². The van der Waals surface area contributed by atoms with Crippen molar-refractivity contribution in [2.75, 3.05) is 26.2 Å². The molecule has 8 nitrogen and oxygen atoms in total. The van der Waals surface area contributed by atoms with Gasteiger partial charge in [0.15, 0.2) is 0 Å². The number of benzene rings is 1. The van der Waals surface area contributed by atoms with Crippen LogP contribution in [0.5, 0.6) is 11.5 Å². The molecule has 0 amide bonds. The molecule has 1 aromatic carbocycles. The highest BCUT2D eigenvalue weighted by molar-refractivity contribution is 6.44. The lowest BCUT2D eigenvalue weighted by atomic mass is 9.81. The number of rotatable bonds is 7. The summed E-state index contributed by atoms with van der Waals surface area (Å²) in [6.45, 7) is 2.66. The molecule has 0 aromatic heterocycles. The van der Waals surface area contributed by atoms with Crippen LogP contribution in [-0.4, -0.2) is 70.5 Å². The largest absolute Gasteiger partial charge is 0.507 e. The Morgan fingerprint density at radius 2 is 2.08 bits per heavy atom. The van der Waals surface area contributed by atoms with Gasteiger partial charge in [-0.2, -0.15) is 0 Å². The highest BCUT2D eigenvalue weighted by atomic mass is 16.5. The number of hydrogen-bond acceptors (Lipinski definition) is 7. The number of carboxylic acid groups (broad SMARTS) is 1. The predicted octanol–water partition coefficient (Wildman–Crippen LogP) is -0.558. The summed E-state index contributed by atoms with van der Waals surface area (Å²) in [6.07, 6.45) is 0.370. The second kappa shape index (κ2) is 6.60. The molecule has 3 rings (SSSR count). The third-order valence-corrected chi connectivity index (χ3v) is 4.67. The number of ether oxygens (including phenoxy) is 1. The molecule has 2 atom stereocenters. The number of aromatic carboxylic acids is 1. The molecule has 2 fully saturated rings. The first-order chi connectivity index (χ1) is 11.4. The van der Waals surface area contributed by atoms with E-state index in [0.29, 0.717) is 31.6 Å². The number of phenols is 1. The highest BCUT2D eigenvalue weighted by Gasteiger charge is 2.48. The van der Waals surface area contributed by atoms with Crippen LogP contribution in [0.1, 0.15) is 28.3 Å². The number of hydrogen-bond donors (Lipinski definition) is 5. The van der Waals surface area contributed by atoms with Gasteiger partial charge in [0.2, 0.25) is 0 Å².